The van der Waals surface area contributed by atoms with E-state index in [1.807, 2.05) is 92.7 Å². The van der Waals surface area contributed by atoms with E-state index in [1.54, 1.807) is 21.7 Å². The van der Waals surface area contributed by atoms with Crippen molar-refractivity contribution in [2.45, 2.75) is 38.8 Å². The average molecular weight is 540 g/mol. The SMILES string of the molecule is Cc1ccc(NC(=O)N2CCC3(CC2)C(=O)N(CC(=O)N(C)Cc2ccccc2)CN3c2ccccc2)cc1C. The lowest BCUT2D eigenvalue weighted by Crippen LogP contribution is -2.58. The molecule has 8 heteroatoms. The Balaban J connectivity index is 1.29. The topological polar surface area (TPSA) is 76.2 Å². The molecule has 1 spiro atoms. The molecular formula is C32H37N5O3. The number of aryl methyl sites for hydroxylation is 2. The van der Waals surface area contributed by atoms with Crippen molar-refractivity contribution in [3.05, 3.63) is 95.6 Å². The Morgan fingerprint density at radius 2 is 1.55 bits per heavy atom. The van der Waals surface area contributed by atoms with Crippen molar-refractivity contribution in [1.29, 1.82) is 0 Å². The van der Waals surface area contributed by atoms with E-state index in [0.29, 0.717) is 39.1 Å². The van der Waals surface area contributed by atoms with E-state index in [2.05, 4.69) is 10.2 Å². The van der Waals surface area contributed by atoms with Gasteiger partial charge < -0.3 is 24.9 Å². The summed E-state index contributed by atoms with van der Waals surface area (Å²) in [7, 11) is 1.77. The maximum absolute atomic E-state index is 14.0. The molecule has 3 aromatic carbocycles. The number of para-hydroxylation sites is 1. The first kappa shape index (κ1) is 27.2. The Bertz CT molecular complexity index is 1370. The number of likely N-dealkylation sites (N-methyl/N-ethyl adjacent to an activating group) is 1. The molecule has 3 aromatic rings. The van der Waals surface area contributed by atoms with Gasteiger partial charge in [-0.25, -0.2) is 4.79 Å². The van der Waals surface area contributed by atoms with Crippen LogP contribution in [0.4, 0.5) is 16.2 Å². The highest BCUT2D eigenvalue weighted by molar-refractivity contribution is 5.97. The van der Waals surface area contributed by atoms with Crippen molar-refractivity contribution >= 4 is 29.2 Å². The van der Waals surface area contributed by atoms with Crippen molar-refractivity contribution in [1.82, 2.24) is 14.7 Å². The second-order valence-corrected chi connectivity index (χ2v) is 10.9. The van der Waals surface area contributed by atoms with Gasteiger partial charge in [0.1, 0.15) is 12.1 Å². The van der Waals surface area contributed by atoms with Gasteiger partial charge in [-0.05, 0) is 67.6 Å². The van der Waals surface area contributed by atoms with Crippen LogP contribution in [0.3, 0.4) is 0 Å². The van der Waals surface area contributed by atoms with Crippen LogP contribution in [0.25, 0.3) is 0 Å². The highest BCUT2D eigenvalue weighted by Crippen LogP contribution is 2.39. The van der Waals surface area contributed by atoms with Crippen LogP contribution in [0.15, 0.2) is 78.9 Å². The lowest BCUT2D eigenvalue weighted by atomic mass is 9.85. The molecule has 0 radical (unpaired) electrons. The molecule has 0 atom stereocenters. The van der Waals surface area contributed by atoms with Crippen LogP contribution in [0.1, 0.15) is 29.5 Å². The molecule has 0 aliphatic carbocycles. The third-order valence-electron chi connectivity index (χ3n) is 8.23. The summed E-state index contributed by atoms with van der Waals surface area (Å²) >= 11 is 0. The number of rotatable bonds is 6. The van der Waals surface area contributed by atoms with E-state index in [1.165, 1.54) is 5.56 Å². The van der Waals surface area contributed by atoms with Gasteiger partial charge in [-0.3, -0.25) is 9.59 Å². The minimum atomic E-state index is -0.795. The van der Waals surface area contributed by atoms with Crippen LogP contribution in [-0.2, 0) is 16.1 Å². The minimum Gasteiger partial charge on any atom is -0.340 e. The normalized spacial score (nSPS) is 16.4. The van der Waals surface area contributed by atoms with Gasteiger partial charge in [0.15, 0.2) is 0 Å². The van der Waals surface area contributed by atoms with Crippen molar-refractivity contribution in [2.24, 2.45) is 0 Å². The first-order valence-corrected chi connectivity index (χ1v) is 13.8. The fourth-order valence-electron chi connectivity index (χ4n) is 5.65. The van der Waals surface area contributed by atoms with Crippen LogP contribution >= 0.6 is 0 Å². The van der Waals surface area contributed by atoms with Crippen LogP contribution in [0.5, 0.6) is 0 Å². The summed E-state index contributed by atoms with van der Waals surface area (Å²) in [5.74, 6) is -0.153. The summed E-state index contributed by atoms with van der Waals surface area (Å²) in [6.45, 7) is 5.80. The highest BCUT2D eigenvalue weighted by Gasteiger charge is 2.54. The number of nitrogens with one attached hydrogen (secondary N) is 1. The lowest BCUT2D eigenvalue weighted by molar-refractivity contribution is -0.140. The Hall–Kier alpha value is -4.33. The van der Waals surface area contributed by atoms with Gasteiger partial charge in [0.05, 0.1) is 6.67 Å². The zero-order valence-corrected chi connectivity index (χ0v) is 23.5. The van der Waals surface area contributed by atoms with E-state index in [4.69, 9.17) is 0 Å². The van der Waals surface area contributed by atoms with Crippen LogP contribution in [0, 0.1) is 13.8 Å². The molecule has 2 aliphatic heterocycles. The summed E-state index contributed by atoms with van der Waals surface area (Å²) in [5.41, 5.74) is 4.25. The molecule has 0 aromatic heterocycles. The maximum atomic E-state index is 14.0. The number of carbonyl (C=O) groups is 3. The molecule has 0 unspecified atom stereocenters. The van der Waals surface area contributed by atoms with Crippen LogP contribution in [-0.4, -0.2) is 71.4 Å². The van der Waals surface area contributed by atoms with Crippen LogP contribution in [0.2, 0.25) is 0 Å². The molecule has 0 bridgehead atoms. The van der Waals surface area contributed by atoms with Gasteiger partial charge in [0.2, 0.25) is 5.91 Å². The van der Waals surface area contributed by atoms with E-state index in [-0.39, 0.29) is 24.4 Å². The first-order chi connectivity index (χ1) is 19.3. The van der Waals surface area contributed by atoms with Crippen molar-refractivity contribution in [2.75, 3.05) is 43.6 Å². The Kier molecular flexibility index (Phi) is 7.78. The minimum absolute atomic E-state index is 0.0181. The van der Waals surface area contributed by atoms with Gasteiger partial charge in [-0.2, -0.15) is 0 Å². The van der Waals surface area contributed by atoms with E-state index in [0.717, 1.165) is 22.5 Å². The molecule has 0 saturated carbocycles. The molecule has 4 amide bonds. The van der Waals surface area contributed by atoms with Gasteiger partial charge in [0, 0.05) is 38.1 Å². The molecule has 40 heavy (non-hydrogen) atoms. The molecular weight excluding hydrogens is 502 g/mol. The van der Waals surface area contributed by atoms with E-state index < -0.39 is 5.54 Å². The summed E-state index contributed by atoms with van der Waals surface area (Å²) in [6.07, 6.45) is 0.983. The number of hydrogen-bond acceptors (Lipinski definition) is 4. The highest BCUT2D eigenvalue weighted by atomic mass is 16.2. The predicted octanol–water partition coefficient (Wildman–Crippen LogP) is 4.63. The smallest absolute Gasteiger partial charge is 0.321 e. The van der Waals surface area contributed by atoms with Gasteiger partial charge in [-0.1, -0.05) is 54.6 Å². The number of nitrogens with zero attached hydrogens (tertiary/aromatic N) is 4. The molecule has 208 valence electrons. The number of urea groups is 1. The monoisotopic (exact) mass is 539 g/mol. The summed E-state index contributed by atoms with van der Waals surface area (Å²) in [6, 6.07) is 25.4. The molecule has 5 rings (SSSR count). The third-order valence-corrected chi connectivity index (χ3v) is 8.23. The Morgan fingerprint density at radius 3 is 2.20 bits per heavy atom. The molecule has 2 heterocycles. The number of piperidine rings is 1. The quantitative estimate of drug-likeness (QED) is 0.496. The summed E-state index contributed by atoms with van der Waals surface area (Å²) in [4.78, 5) is 47.5. The largest absolute Gasteiger partial charge is 0.340 e. The second kappa shape index (κ2) is 11.4. The second-order valence-electron chi connectivity index (χ2n) is 10.9. The number of benzene rings is 3. The molecule has 2 aliphatic rings. The van der Waals surface area contributed by atoms with Crippen molar-refractivity contribution in [3.8, 4) is 0 Å². The first-order valence-electron chi connectivity index (χ1n) is 13.8. The number of likely N-dealkylation sites (tertiary alicyclic amines) is 1. The van der Waals surface area contributed by atoms with Gasteiger partial charge in [-0.15, -0.1) is 0 Å². The third kappa shape index (κ3) is 5.52. The predicted molar refractivity (Wildman–Crippen MR) is 157 cm³/mol. The Morgan fingerprint density at radius 1 is 0.900 bits per heavy atom. The summed E-state index contributed by atoms with van der Waals surface area (Å²) in [5, 5.41) is 3.01. The average Bonchev–Trinajstić information content (AvgIpc) is 3.22. The fourth-order valence-corrected chi connectivity index (χ4v) is 5.65. The van der Waals surface area contributed by atoms with Gasteiger partial charge in [0.25, 0.3) is 5.91 Å². The molecule has 8 nitrogen and oxygen atoms in total. The maximum Gasteiger partial charge on any atom is 0.321 e. The Labute approximate surface area is 236 Å². The number of amides is 4. The zero-order chi connectivity index (χ0) is 28.3. The lowest BCUT2D eigenvalue weighted by Gasteiger charge is -2.43. The number of hydrogen-bond donors (Lipinski definition) is 1. The summed E-state index contributed by atoms with van der Waals surface area (Å²) < 4.78 is 0. The molecule has 2 saturated heterocycles. The van der Waals surface area contributed by atoms with Crippen molar-refractivity contribution in [3.63, 3.8) is 0 Å². The molecule has 1 N–H and O–H groups in total. The standard InChI is InChI=1S/C32H37N5O3/c1-24-14-15-27(20-25(24)2)33-31(40)35-18-16-32(17-19-35)30(39)36(23-37(32)28-12-8-5-9-13-28)22-29(38)34(3)21-26-10-6-4-7-11-26/h4-15,20H,16-19,21-23H2,1-3H3,(H,33,40). The van der Waals surface area contributed by atoms with Crippen LogP contribution < -0.4 is 10.2 Å². The van der Waals surface area contributed by atoms with E-state index in [9.17, 15) is 14.4 Å². The van der Waals surface area contributed by atoms with Gasteiger partial charge >= 0.3 is 6.03 Å². The number of anilines is 2. The number of carbonyl (C=O) groups excluding carboxylic acids is 3. The molecule has 2 fully saturated rings. The van der Waals surface area contributed by atoms with E-state index >= 15 is 0 Å². The fraction of sp³-hybridized carbons (Fsp3) is 0.344. The van der Waals surface area contributed by atoms with Crippen molar-refractivity contribution < 1.29 is 14.4 Å². The zero-order valence-electron chi connectivity index (χ0n) is 23.5.